The molecule has 0 aliphatic carbocycles. The highest BCUT2D eigenvalue weighted by atomic mass is 35.5. The Bertz CT molecular complexity index is 1310. The van der Waals surface area contributed by atoms with Crippen molar-refractivity contribution in [3.05, 3.63) is 68.4 Å². The first-order valence-electron chi connectivity index (χ1n) is 11.1. The van der Waals surface area contributed by atoms with Gasteiger partial charge in [-0.1, -0.05) is 67.7 Å². The molecule has 1 fully saturated rings. The topological polar surface area (TPSA) is 90.6 Å². The van der Waals surface area contributed by atoms with E-state index in [9.17, 15) is 24.5 Å². The molecule has 0 bridgehead atoms. The molecule has 2 aromatic carbocycles. The third-order valence-corrected chi connectivity index (χ3v) is 7.50. The lowest BCUT2D eigenvalue weighted by Crippen LogP contribution is -2.58. The van der Waals surface area contributed by atoms with E-state index < -0.39 is 58.2 Å². The number of benzene rings is 2. The fourth-order valence-electron chi connectivity index (χ4n) is 5.18. The van der Waals surface area contributed by atoms with Gasteiger partial charge in [0.2, 0.25) is 0 Å². The normalized spacial score (nSPS) is 24.2. The highest BCUT2D eigenvalue weighted by Gasteiger charge is 2.71. The van der Waals surface area contributed by atoms with E-state index in [1.54, 1.807) is 20.8 Å². The molecule has 13 heteroatoms. The number of nitrogens with zero attached hydrogens (tertiary/aromatic N) is 2. The molecule has 0 aromatic heterocycles. The zero-order valence-electron chi connectivity index (χ0n) is 20.1. The van der Waals surface area contributed by atoms with Gasteiger partial charge >= 0.3 is 18.0 Å². The number of carboxylic acids is 1. The van der Waals surface area contributed by atoms with Gasteiger partial charge in [0.15, 0.2) is 0 Å². The smallest absolute Gasteiger partial charge is 0.434 e. The van der Waals surface area contributed by atoms with Gasteiger partial charge in [0.25, 0.3) is 0 Å². The van der Waals surface area contributed by atoms with Crippen LogP contribution >= 0.6 is 34.8 Å². The van der Waals surface area contributed by atoms with Crippen molar-refractivity contribution in [2.75, 3.05) is 0 Å². The molecule has 38 heavy (non-hydrogen) atoms. The minimum atomic E-state index is -4.89. The molecule has 204 valence electrons. The number of rotatable bonds is 6. The lowest BCUT2D eigenvalue weighted by Gasteiger charge is -2.40. The fourth-order valence-corrected chi connectivity index (χ4v) is 5.65. The lowest BCUT2D eigenvalue weighted by molar-refractivity contribution is -0.245. The molecule has 1 N–H and O–H groups in total. The first-order valence-corrected chi connectivity index (χ1v) is 12.2. The van der Waals surface area contributed by atoms with Crippen molar-refractivity contribution in [1.29, 1.82) is 5.26 Å². The molecule has 1 saturated heterocycles. The van der Waals surface area contributed by atoms with E-state index in [0.29, 0.717) is 0 Å². The Hall–Kier alpha value is -2.58. The van der Waals surface area contributed by atoms with Crippen LogP contribution in [0.3, 0.4) is 0 Å². The Morgan fingerprint density at radius 1 is 1.13 bits per heavy atom. The summed E-state index contributed by atoms with van der Waals surface area (Å²) in [7, 11) is 0. The van der Waals surface area contributed by atoms with Crippen LogP contribution in [0, 0.1) is 22.6 Å². The van der Waals surface area contributed by atoms with E-state index in [4.69, 9.17) is 34.8 Å². The van der Waals surface area contributed by atoms with Crippen molar-refractivity contribution in [2.45, 2.75) is 56.7 Å². The summed E-state index contributed by atoms with van der Waals surface area (Å²) in [5.41, 5.74) is -3.79. The van der Waals surface area contributed by atoms with E-state index >= 15 is 13.2 Å². The molecule has 0 amide bonds. The van der Waals surface area contributed by atoms with Crippen LogP contribution in [-0.4, -0.2) is 40.1 Å². The minimum Gasteiger partial charge on any atom is -0.480 e. The third kappa shape index (κ3) is 5.05. The number of carbonyl (C=O) groups is 2. The third-order valence-electron chi connectivity index (χ3n) is 6.53. The maximum atomic E-state index is 15.6. The molecule has 0 unspecified atom stereocenters. The van der Waals surface area contributed by atoms with Crippen LogP contribution in [0.15, 0.2) is 36.4 Å². The van der Waals surface area contributed by atoms with Gasteiger partial charge in [0.05, 0.1) is 16.1 Å². The maximum absolute atomic E-state index is 15.6. The Kier molecular flexibility index (Phi) is 8.31. The Balaban J connectivity index is 2.55. The minimum absolute atomic E-state index is 0.0370. The molecule has 1 aliphatic heterocycles. The highest BCUT2D eigenvalue weighted by molar-refractivity contribution is 6.42. The second-order valence-electron chi connectivity index (χ2n) is 10.1. The van der Waals surface area contributed by atoms with Crippen molar-refractivity contribution in [3.63, 3.8) is 0 Å². The maximum Gasteiger partial charge on any atom is 0.434 e. The number of carbonyl (C=O) groups excluding carboxylic acids is 1. The summed E-state index contributed by atoms with van der Waals surface area (Å²) in [6, 6.07) is -0.347. The number of alkyl halides is 2. The summed E-state index contributed by atoms with van der Waals surface area (Å²) >= 11 is 18.1. The van der Waals surface area contributed by atoms with Crippen LogP contribution in [0.5, 0.6) is 0 Å². The van der Waals surface area contributed by atoms with E-state index in [2.05, 4.69) is 4.94 Å². The van der Waals surface area contributed by atoms with Crippen LogP contribution in [0.4, 0.5) is 17.7 Å². The predicted octanol–water partition coefficient (Wildman–Crippen LogP) is 6.93. The number of likely N-dealkylation sites (tertiary alicyclic amines) is 1. The second-order valence-corrected chi connectivity index (χ2v) is 11.4. The number of halogens is 7. The number of nitriles is 1. The lowest BCUT2D eigenvalue weighted by atomic mass is 9.63. The first kappa shape index (κ1) is 30.0. The van der Waals surface area contributed by atoms with Gasteiger partial charge in [0.1, 0.15) is 17.3 Å². The number of hydrogen-bond donors (Lipinski definition) is 1. The van der Waals surface area contributed by atoms with Crippen LogP contribution < -0.4 is 0 Å². The summed E-state index contributed by atoms with van der Waals surface area (Å²) < 4.78 is 59.7. The summed E-state index contributed by atoms with van der Waals surface area (Å²) in [4.78, 5) is 27.4. The summed E-state index contributed by atoms with van der Waals surface area (Å²) in [6.07, 6.45) is -0.362. The summed E-state index contributed by atoms with van der Waals surface area (Å²) in [6.45, 7) is 4.83. The molecule has 0 radical (unpaired) electrons. The quantitative estimate of drug-likeness (QED) is 0.288. The monoisotopic (exact) mass is 594 g/mol. The van der Waals surface area contributed by atoms with Crippen LogP contribution in [0.1, 0.15) is 44.2 Å². The molecular formula is C25H21Cl3F4N2O4. The standard InChI is InChI=1S/C25H21Cl3F4N2O4/c1-23(2,3)10-18-24(11-33,14-6-5-13(26)9-17(14)29)19(12-4-7-15(27)16(28)8-12)20(21(35)36)34(18)25(30,31)22(37)38-32/h4-9,18-20H,10H2,1-3H3,(H,35,36)/t18-,19-,20+,24-/m0/s1. The molecule has 6 nitrogen and oxygen atoms in total. The molecule has 3 rings (SSSR count). The van der Waals surface area contributed by atoms with Gasteiger partial charge in [-0.2, -0.15) is 14.0 Å². The van der Waals surface area contributed by atoms with Crippen molar-refractivity contribution < 1.29 is 37.3 Å². The zero-order valence-corrected chi connectivity index (χ0v) is 22.4. The number of carboxylic acid groups (broad SMARTS) is 1. The largest absolute Gasteiger partial charge is 0.480 e. The molecule has 1 heterocycles. The van der Waals surface area contributed by atoms with Crippen molar-refractivity contribution >= 4 is 46.7 Å². The zero-order chi connectivity index (χ0) is 28.8. The van der Waals surface area contributed by atoms with E-state index in [0.717, 1.165) is 12.1 Å². The Morgan fingerprint density at radius 2 is 1.76 bits per heavy atom. The number of aliphatic carboxylic acids is 1. The van der Waals surface area contributed by atoms with E-state index in [1.165, 1.54) is 24.3 Å². The molecular weight excluding hydrogens is 575 g/mol. The van der Waals surface area contributed by atoms with Crippen LogP contribution in [0.2, 0.25) is 15.1 Å². The number of hydrogen-bond acceptors (Lipinski definition) is 5. The van der Waals surface area contributed by atoms with Gasteiger partial charge in [-0.15, -0.1) is 0 Å². The second kappa shape index (κ2) is 10.5. The summed E-state index contributed by atoms with van der Waals surface area (Å²) in [5.74, 6) is -7.43. The van der Waals surface area contributed by atoms with Crippen molar-refractivity contribution in [1.82, 2.24) is 4.90 Å². The van der Waals surface area contributed by atoms with Gasteiger partial charge in [0, 0.05) is 27.1 Å². The Labute approximate surface area is 230 Å². The SMILES string of the molecule is CC(C)(C)C[C@@H]1N(C(F)(F)C(=O)OF)[C@@H](C(=O)O)[C@H](c2ccc(Cl)c(Cl)c2)[C@@]1(C#N)c1ccc(Cl)cc1F. The molecule has 0 spiro atoms. The van der Waals surface area contributed by atoms with E-state index in [-0.39, 0.29) is 32.0 Å². The molecule has 2 aromatic rings. The van der Waals surface area contributed by atoms with E-state index in [1.807, 2.05) is 6.07 Å². The summed E-state index contributed by atoms with van der Waals surface area (Å²) in [5, 5.41) is 20.8. The van der Waals surface area contributed by atoms with Gasteiger partial charge in [-0.3, -0.25) is 4.79 Å². The fraction of sp³-hybridized carbons (Fsp3) is 0.400. The van der Waals surface area contributed by atoms with Crippen LogP contribution in [-0.2, 0) is 19.9 Å². The average molecular weight is 596 g/mol. The first-order chi connectivity index (χ1) is 17.5. The molecule has 4 atom stereocenters. The van der Waals surface area contributed by atoms with Gasteiger partial charge in [-0.25, -0.2) is 19.0 Å². The van der Waals surface area contributed by atoms with Crippen molar-refractivity contribution in [2.24, 2.45) is 5.41 Å². The van der Waals surface area contributed by atoms with Crippen LogP contribution in [0.25, 0.3) is 0 Å². The molecule has 1 aliphatic rings. The van der Waals surface area contributed by atoms with Crippen molar-refractivity contribution in [3.8, 4) is 6.07 Å². The van der Waals surface area contributed by atoms with Gasteiger partial charge < -0.3 is 5.11 Å². The highest BCUT2D eigenvalue weighted by Crippen LogP contribution is 2.58. The molecule has 0 saturated carbocycles. The predicted molar refractivity (Wildman–Crippen MR) is 131 cm³/mol. The van der Waals surface area contributed by atoms with Gasteiger partial charge in [-0.05, 0) is 41.7 Å². The Morgan fingerprint density at radius 3 is 2.24 bits per heavy atom. The average Bonchev–Trinajstić information content (AvgIpc) is 3.10.